The summed E-state index contributed by atoms with van der Waals surface area (Å²) in [7, 11) is 0. The highest BCUT2D eigenvalue weighted by Crippen LogP contribution is 2.25. The second-order valence-corrected chi connectivity index (χ2v) is 7.85. The largest absolute Gasteiger partial charge is 0.504 e. The molecule has 0 bridgehead atoms. The molecule has 4 nitrogen and oxygen atoms in total. The van der Waals surface area contributed by atoms with Gasteiger partial charge in [0.25, 0.3) is 0 Å². The Balaban J connectivity index is 1.89. The van der Waals surface area contributed by atoms with Gasteiger partial charge in [0.2, 0.25) is 0 Å². The number of benzene rings is 1. The zero-order valence-corrected chi connectivity index (χ0v) is 18.2. The summed E-state index contributed by atoms with van der Waals surface area (Å²) in [6.07, 6.45) is 21.2. The molecule has 0 atom stereocenters. The Morgan fingerprint density at radius 3 is 1.83 bits per heavy atom. The van der Waals surface area contributed by atoms with Gasteiger partial charge in [0, 0.05) is 6.08 Å². The van der Waals surface area contributed by atoms with Crippen LogP contribution in [-0.4, -0.2) is 22.8 Å². The highest BCUT2D eigenvalue weighted by atomic mass is 16.5. The van der Waals surface area contributed by atoms with Crippen molar-refractivity contribution in [3.63, 3.8) is 0 Å². The van der Waals surface area contributed by atoms with Crippen LogP contribution in [0.4, 0.5) is 0 Å². The van der Waals surface area contributed by atoms with Crippen molar-refractivity contribution in [1.82, 2.24) is 0 Å². The fourth-order valence-corrected chi connectivity index (χ4v) is 3.33. The average molecular weight is 405 g/mol. The summed E-state index contributed by atoms with van der Waals surface area (Å²) < 4.78 is 5.19. The van der Waals surface area contributed by atoms with Crippen LogP contribution in [-0.2, 0) is 9.53 Å². The molecule has 0 heterocycles. The van der Waals surface area contributed by atoms with E-state index in [-0.39, 0.29) is 17.5 Å². The third-order valence-corrected chi connectivity index (χ3v) is 5.15. The van der Waals surface area contributed by atoms with Crippen LogP contribution in [0.3, 0.4) is 0 Å². The van der Waals surface area contributed by atoms with E-state index in [1.54, 1.807) is 12.1 Å². The van der Waals surface area contributed by atoms with Gasteiger partial charge in [-0.15, -0.1) is 0 Å². The molecule has 1 aromatic carbocycles. The van der Waals surface area contributed by atoms with Crippen LogP contribution in [0.1, 0.15) is 102 Å². The van der Waals surface area contributed by atoms with Crippen LogP contribution in [0, 0.1) is 0 Å². The van der Waals surface area contributed by atoms with Gasteiger partial charge < -0.3 is 14.9 Å². The average Bonchev–Trinajstić information content (AvgIpc) is 2.71. The molecule has 164 valence electrons. The Morgan fingerprint density at radius 2 is 1.31 bits per heavy atom. The number of ether oxygens (including phenoxy) is 1. The normalized spacial score (nSPS) is 11.2. The number of carbonyl (C=O) groups excluding carboxylic acids is 1. The predicted octanol–water partition coefficient (Wildman–Crippen LogP) is 7.14. The predicted molar refractivity (Wildman–Crippen MR) is 120 cm³/mol. The van der Waals surface area contributed by atoms with Crippen molar-refractivity contribution >= 4 is 12.0 Å². The van der Waals surface area contributed by atoms with E-state index in [4.69, 9.17) is 4.74 Å². The molecule has 2 N–H and O–H groups in total. The Hall–Kier alpha value is -1.97. The van der Waals surface area contributed by atoms with Crippen LogP contribution in [0.15, 0.2) is 24.3 Å². The fraction of sp³-hybridized carbons (Fsp3) is 0.640. The molecule has 4 heteroatoms. The monoisotopic (exact) mass is 404 g/mol. The Bertz CT molecular complexity index is 580. The zero-order chi connectivity index (χ0) is 21.2. The van der Waals surface area contributed by atoms with Gasteiger partial charge in [-0.2, -0.15) is 0 Å². The summed E-state index contributed by atoms with van der Waals surface area (Å²) in [5.74, 6) is -0.766. The van der Waals surface area contributed by atoms with E-state index in [0.29, 0.717) is 12.2 Å². The first kappa shape index (κ1) is 25.1. The van der Waals surface area contributed by atoms with Gasteiger partial charge in [0.05, 0.1) is 6.61 Å². The van der Waals surface area contributed by atoms with Gasteiger partial charge in [-0.25, -0.2) is 4.79 Å². The number of phenolic OH excluding ortho intramolecular Hbond substituents is 2. The lowest BCUT2D eigenvalue weighted by molar-refractivity contribution is -0.137. The lowest BCUT2D eigenvalue weighted by Gasteiger charge is -2.04. The van der Waals surface area contributed by atoms with Crippen molar-refractivity contribution in [2.24, 2.45) is 0 Å². The summed E-state index contributed by atoms with van der Waals surface area (Å²) in [6, 6.07) is 4.40. The zero-order valence-electron chi connectivity index (χ0n) is 18.2. The first-order valence-electron chi connectivity index (χ1n) is 11.5. The molecule has 0 saturated carbocycles. The Labute approximate surface area is 177 Å². The third-order valence-electron chi connectivity index (χ3n) is 5.15. The molecule has 0 aliphatic heterocycles. The minimum atomic E-state index is -0.382. The molecule has 1 aromatic rings. The van der Waals surface area contributed by atoms with Gasteiger partial charge in [-0.1, -0.05) is 96.5 Å². The molecule has 0 aliphatic rings. The van der Waals surface area contributed by atoms with Crippen LogP contribution in [0.5, 0.6) is 11.5 Å². The molecule has 0 fully saturated rings. The van der Waals surface area contributed by atoms with Crippen molar-refractivity contribution < 1.29 is 19.7 Å². The molecule has 1 rings (SSSR count). The number of hydrogen-bond acceptors (Lipinski definition) is 4. The molecule has 0 radical (unpaired) electrons. The Morgan fingerprint density at radius 1 is 0.793 bits per heavy atom. The van der Waals surface area contributed by atoms with Crippen LogP contribution < -0.4 is 0 Å². The first-order valence-corrected chi connectivity index (χ1v) is 11.5. The van der Waals surface area contributed by atoms with Crippen LogP contribution in [0.25, 0.3) is 6.08 Å². The third kappa shape index (κ3) is 13.8. The van der Waals surface area contributed by atoms with E-state index in [2.05, 4.69) is 6.92 Å². The molecular weight excluding hydrogens is 364 g/mol. The number of rotatable bonds is 17. The van der Waals surface area contributed by atoms with Crippen molar-refractivity contribution in [2.45, 2.75) is 96.8 Å². The summed E-state index contributed by atoms with van der Waals surface area (Å²) in [5.41, 5.74) is 0.633. The van der Waals surface area contributed by atoms with Gasteiger partial charge >= 0.3 is 5.97 Å². The number of unbranched alkanes of at least 4 members (excludes halogenated alkanes) is 13. The van der Waals surface area contributed by atoms with E-state index < -0.39 is 0 Å². The minimum Gasteiger partial charge on any atom is -0.504 e. The maximum absolute atomic E-state index is 11.7. The maximum atomic E-state index is 11.7. The van der Waals surface area contributed by atoms with E-state index in [9.17, 15) is 15.0 Å². The van der Waals surface area contributed by atoms with Crippen LogP contribution >= 0.6 is 0 Å². The molecule has 0 unspecified atom stereocenters. The smallest absolute Gasteiger partial charge is 0.330 e. The van der Waals surface area contributed by atoms with Crippen LogP contribution in [0.2, 0.25) is 0 Å². The molecule has 0 spiro atoms. The Kier molecular flexibility index (Phi) is 14.6. The lowest BCUT2D eigenvalue weighted by Crippen LogP contribution is -2.02. The number of aromatic hydroxyl groups is 2. The van der Waals surface area contributed by atoms with Gasteiger partial charge in [-0.3, -0.25) is 0 Å². The highest BCUT2D eigenvalue weighted by molar-refractivity contribution is 5.87. The number of hydrogen-bond donors (Lipinski definition) is 2. The molecule has 29 heavy (non-hydrogen) atoms. The fourth-order valence-electron chi connectivity index (χ4n) is 3.33. The lowest BCUT2D eigenvalue weighted by atomic mass is 10.0. The molecule has 0 saturated heterocycles. The van der Waals surface area contributed by atoms with Gasteiger partial charge in [0.15, 0.2) is 11.5 Å². The standard InChI is InChI=1S/C25H40O4/c1-2-3-4-5-6-7-8-9-10-11-12-13-14-15-20-29-25(28)19-17-22-16-18-23(26)24(27)21-22/h16-19,21,26-27H,2-15,20H2,1H3/b19-17+. The second-order valence-electron chi connectivity index (χ2n) is 7.85. The van der Waals surface area contributed by atoms with Gasteiger partial charge in [-0.05, 0) is 30.2 Å². The SMILES string of the molecule is CCCCCCCCCCCCCCCCOC(=O)/C=C/c1ccc(O)c(O)c1. The summed E-state index contributed by atoms with van der Waals surface area (Å²) in [5, 5.41) is 18.7. The van der Waals surface area contributed by atoms with E-state index in [1.165, 1.54) is 95.3 Å². The minimum absolute atomic E-state index is 0.178. The summed E-state index contributed by atoms with van der Waals surface area (Å²) in [4.78, 5) is 11.7. The first-order chi connectivity index (χ1) is 14.1. The topological polar surface area (TPSA) is 66.8 Å². The number of carbonyl (C=O) groups is 1. The summed E-state index contributed by atoms with van der Waals surface area (Å²) in [6.45, 7) is 2.71. The van der Waals surface area contributed by atoms with Crippen molar-refractivity contribution in [3.05, 3.63) is 29.8 Å². The van der Waals surface area contributed by atoms with Gasteiger partial charge in [0.1, 0.15) is 0 Å². The molecule has 0 amide bonds. The second kappa shape index (κ2) is 16.9. The van der Waals surface area contributed by atoms with E-state index in [0.717, 1.165) is 12.8 Å². The van der Waals surface area contributed by atoms with Crippen molar-refractivity contribution in [3.8, 4) is 11.5 Å². The van der Waals surface area contributed by atoms with Crippen molar-refractivity contribution in [1.29, 1.82) is 0 Å². The quantitative estimate of drug-likeness (QED) is 0.125. The maximum Gasteiger partial charge on any atom is 0.330 e. The molecule has 0 aliphatic carbocycles. The van der Waals surface area contributed by atoms with E-state index >= 15 is 0 Å². The number of esters is 1. The molecular formula is C25H40O4. The van der Waals surface area contributed by atoms with E-state index in [1.807, 2.05) is 0 Å². The highest BCUT2D eigenvalue weighted by Gasteiger charge is 2.00. The summed E-state index contributed by atoms with van der Waals surface area (Å²) >= 11 is 0. The van der Waals surface area contributed by atoms with Crippen molar-refractivity contribution in [2.75, 3.05) is 6.61 Å². The number of phenols is 2. The molecule has 0 aromatic heterocycles.